The van der Waals surface area contributed by atoms with Crippen molar-refractivity contribution in [2.45, 2.75) is 47.6 Å². The van der Waals surface area contributed by atoms with Crippen LogP contribution in [0, 0.1) is 16.7 Å². The third kappa shape index (κ3) is 3.95. The van der Waals surface area contributed by atoms with E-state index >= 15 is 0 Å². The van der Waals surface area contributed by atoms with E-state index < -0.39 is 0 Å². The Labute approximate surface area is 88.3 Å². The standard InChI is InChI=1S/C12H24N2/c1-7-10(8-13)14-11(9(2)3)12(4,5)6/h7-9,11,13-14H,1-6H3/b10-7+,13-8?/t11-/m1/s1. The average molecular weight is 196 g/mol. The molecule has 0 rings (SSSR count). The third-order valence-electron chi connectivity index (χ3n) is 2.39. The van der Waals surface area contributed by atoms with Crippen LogP contribution in [0.2, 0.25) is 0 Å². The molecule has 0 saturated carbocycles. The fourth-order valence-electron chi connectivity index (χ4n) is 1.77. The van der Waals surface area contributed by atoms with Gasteiger partial charge in [0.15, 0.2) is 0 Å². The first-order valence-electron chi connectivity index (χ1n) is 5.26. The van der Waals surface area contributed by atoms with Gasteiger partial charge in [-0.3, -0.25) is 0 Å². The minimum absolute atomic E-state index is 0.214. The molecule has 0 fully saturated rings. The highest BCUT2D eigenvalue weighted by molar-refractivity contribution is 5.74. The molecular weight excluding hydrogens is 172 g/mol. The molecule has 2 heteroatoms. The molecule has 14 heavy (non-hydrogen) atoms. The monoisotopic (exact) mass is 196 g/mol. The Morgan fingerprint density at radius 1 is 1.29 bits per heavy atom. The van der Waals surface area contributed by atoms with Gasteiger partial charge in [0.1, 0.15) is 0 Å². The van der Waals surface area contributed by atoms with Crippen LogP contribution in [0.3, 0.4) is 0 Å². The van der Waals surface area contributed by atoms with E-state index in [0.717, 1.165) is 5.70 Å². The van der Waals surface area contributed by atoms with Gasteiger partial charge < -0.3 is 10.7 Å². The summed E-state index contributed by atoms with van der Waals surface area (Å²) in [6, 6.07) is 0.398. The predicted octanol–water partition coefficient (Wildman–Crippen LogP) is 3.20. The first-order valence-corrected chi connectivity index (χ1v) is 5.26. The summed E-state index contributed by atoms with van der Waals surface area (Å²) < 4.78 is 0. The SMILES string of the molecule is C/C=C(\C=N)N[C@H](C(C)C)C(C)(C)C. The van der Waals surface area contributed by atoms with Crippen molar-refractivity contribution in [2.24, 2.45) is 11.3 Å². The molecule has 0 amide bonds. The second kappa shape index (κ2) is 5.18. The van der Waals surface area contributed by atoms with Crippen LogP contribution in [-0.2, 0) is 0 Å². The number of hydrogen-bond donors (Lipinski definition) is 2. The maximum Gasteiger partial charge on any atom is 0.0478 e. The first-order chi connectivity index (χ1) is 6.32. The summed E-state index contributed by atoms with van der Waals surface area (Å²) in [6.07, 6.45) is 3.31. The van der Waals surface area contributed by atoms with Crippen LogP contribution in [0.4, 0.5) is 0 Å². The summed E-state index contributed by atoms with van der Waals surface area (Å²) >= 11 is 0. The van der Waals surface area contributed by atoms with Gasteiger partial charge in [-0.25, -0.2) is 0 Å². The number of allylic oxidation sites excluding steroid dienone is 2. The maximum atomic E-state index is 7.24. The van der Waals surface area contributed by atoms with Crippen molar-refractivity contribution in [3.05, 3.63) is 11.8 Å². The van der Waals surface area contributed by atoms with Gasteiger partial charge >= 0.3 is 0 Å². The molecular formula is C12H24N2. The van der Waals surface area contributed by atoms with E-state index in [1.165, 1.54) is 6.21 Å². The van der Waals surface area contributed by atoms with Crippen molar-refractivity contribution in [3.8, 4) is 0 Å². The molecule has 2 N–H and O–H groups in total. The molecule has 0 aliphatic heterocycles. The van der Waals surface area contributed by atoms with Gasteiger partial charge in [-0.05, 0) is 18.3 Å². The van der Waals surface area contributed by atoms with Crippen molar-refractivity contribution in [1.82, 2.24) is 5.32 Å². The van der Waals surface area contributed by atoms with Gasteiger partial charge in [-0.15, -0.1) is 0 Å². The zero-order valence-electron chi connectivity index (χ0n) is 10.3. The summed E-state index contributed by atoms with van der Waals surface area (Å²) in [5.41, 5.74) is 1.12. The molecule has 0 radical (unpaired) electrons. The first kappa shape index (κ1) is 13.2. The second-order valence-electron chi connectivity index (χ2n) is 5.12. The molecule has 0 bridgehead atoms. The quantitative estimate of drug-likeness (QED) is 0.665. The topological polar surface area (TPSA) is 35.9 Å². The minimum Gasteiger partial charge on any atom is -0.381 e. The number of hydrogen-bond acceptors (Lipinski definition) is 2. The van der Waals surface area contributed by atoms with Gasteiger partial charge in [0, 0.05) is 18.0 Å². The lowest BCUT2D eigenvalue weighted by Gasteiger charge is -2.35. The Morgan fingerprint density at radius 2 is 1.79 bits per heavy atom. The lowest BCUT2D eigenvalue weighted by Crippen LogP contribution is -2.43. The molecule has 2 nitrogen and oxygen atoms in total. The van der Waals surface area contributed by atoms with Gasteiger partial charge in [0.2, 0.25) is 0 Å². The Hall–Kier alpha value is -0.790. The van der Waals surface area contributed by atoms with E-state index in [9.17, 15) is 0 Å². The average Bonchev–Trinajstić information content (AvgIpc) is 2.03. The van der Waals surface area contributed by atoms with Crippen molar-refractivity contribution in [3.63, 3.8) is 0 Å². The van der Waals surface area contributed by atoms with E-state index in [4.69, 9.17) is 5.41 Å². The summed E-state index contributed by atoms with van der Waals surface area (Å²) in [5, 5.41) is 10.7. The van der Waals surface area contributed by atoms with Gasteiger partial charge in [0.25, 0.3) is 0 Å². The molecule has 0 aromatic rings. The molecule has 0 aliphatic carbocycles. The van der Waals surface area contributed by atoms with E-state index in [-0.39, 0.29) is 5.41 Å². The van der Waals surface area contributed by atoms with Crippen LogP contribution in [0.25, 0.3) is 0 Å². The van der Waals surface area contributed by atoms with Gasteiger partial charge in [0.05, 0.1) is 0 Å². The largest absolute Gasteiger partial charge is 0.381 e. The lowest BCUT2D eigenvalue weighted by atomic mass is 9.80. The minimum atomic E-state index is 0.214. The predicted molar refractivity (Wildman–Crippen MR) is 63.8 cm³/mol. The number of rotatable bonds is 4. The lowest BCUT2D eigenvalue weighted by molar-refractivity contribution is 0.228. The summed E-state index contributed by atoms with van der Waals surface area (Å²) in [6.45, 7) is 13.0. The van der Waals surface area contributed by atoms with Crippen LogP contribution in [0.1, 0.15) is 41.5 Å². The van der Waals surface area contributed by atoms with Crippen LogP contribution in [0.5, 0.6) is 0 Å². The molecule has 0 heterocycles. The van der Waals surface area contributed by atoms with Crippen LogP contribution < -0.4 is 5.32 Å². The van der Waals surface area contributed by atoms with Crippen LogP contribution in [0.15, 0.2) is 11.8 Å². The van der Waals surface area contributed by atoms with E-state index in [0.29, 0.717) is 12.0 Å². The Balaban J connectivity index is 4.62. The van der Waals surface area contributed by atoms with E-state index in [2.05, 4.69) is 39.9 Å². The van der Waals surface area contributed by atoms with Crippen LogP contribution in [-0.4, -0.2) is 12.3 Å². The highest BCUT2D eigenvalue weighted by Crippen LogP contribution is 2.25. The zero-order chi connectivity index (χ0) is 11.4. The molecule has 1 atom stereocenters. The molecule has 82 valence electrons. The van der Waals surface area contributed by atoms with Crippen molar-refractivity contribution < 1.29 is 0 Å². The Bertz CT molecular complexity index is 209. The Morgan fingerprint density at radius 3 is 2.00 bits per heavy atom. The maximum absolute atomic E-state index is 7.24. The molecule has 0 spiro atoms. The summed E-state index contributed by atoms with van der Waals surface area (Å²) in [7, 11) is 0. The molecule has 0 saturated heterocycles. The Kier molecular flexibility index (Phi) is 4.89. The fourth-order valence-corrected chi connectivity index (χ4v) is 1.77. The van der Waals surface area contributed by atoms with Gasteiger partial charge in [-0.2, -0.15) is 0 Å². The molecule has 0 aromatic heterocycles. The third-order valence-corrected chi connectivity index (χ3v) is 2.39. The van der Waals surface area contributed by atoms with E-state index in [1.54, 1.807) is 0 Å². The van der Waals surface area contributed by atoms with Crippen molar-refractivity contribution >= 4 is 6.21 Å². The van der Waals surface area contributed by atoms with Crippen LogP contribution >= 0.6 is 0 Å². The molecule has 0 unspecified atom stereocenters. The second-order valence-corrected chi connectivity index (χ2v) is 5.12. The molecule has 0 aromatic carbocycles. The fraction of sp³-hybridized carbons (Fsp3) is 0.750. The van der Waals surface area contributed by atoms with E-state index in [1.807, 2.05) is 13.0 Å². The highest BCUT2D eigenvalue weighted by atomic mass is 14.9. The van der Waals surface area contributed by atoms with Crippen molar-refractivity contribution in [2.75, 3.05) is 0 Å². The summed E-state index contributed by atoms with van der Waals surface area (Å²) in [4.78, 5) is 0. The highest BCUT2D eigenvalue weighted by Gasteiger charge is 2.27. The summed E-state index contributed by atoms with van der Waals surface area (Å²) in [5.74, 6) is 0.560. The zero-order valence-corrected chi connectivity index (χ0v) is 10.3. The van der Waals surface area contributed by atoms with Crippen molar-refractivity contribution in [1.29, 1.82) is 5.41 Å². The molecule has 0 aliphatic rings. The van der Waals surface area contributed by atoms with Gasteiger partial charge in [-0.1, -0.05) is 40.7 Å². The number of nitrogens with one attached hydrogen (secondary N) is 2. The smallest absolute Gasteiger partial charge is 0.0478 e. The normalized spacial score (nSPS) is 15.5.